The van der Waals surface area contributed by atoms with Gasteiger partial charge in [-0.15, -0.1) is 0 Å². The lowest BCUT2D eigenvalue weighted by molar-refractivity contribution is 0.130. The minimum absolute atomic E-state index is 0.274. The molecule has 2 aliphatic rings. The van der Waals surface area contributed by atoms with Gasteiger partial charge in [0.2, 0.25) is 0 Å². The maximum Gasteiger partial charge on any atom is 0.343 e. The van der Waals surface area contributed by atoms with Gasteiger partial charge in [-0.2, -0.15) is 10.5 Å². The Labute approximate surface area is 182 Å². The Hall–Kier alpha value is -3.22. The SMILES string of the molecule is C/C(=N/OCc1c(NC(=O)N(C)N=N)cccc1C1CC1)c1cccc2c1CCCC2. The lowest BCUT2D eigenvalue weighted by Gasteiger charge is -2.19. The van der Waals surface area contributed by atoms with Gasteiger partial charge in [0, 0.05) is 23.9 Å². The molecule has 2 aliphatic carbocycles. The normalized spacial score (nSPS) is 15.7. The first-order valence-electron chi connectivity index (χ1n) is 10.9. The average Bonchev–Trinajstić information content (AvgIpc) is 3.64. The quantitative estimate of drug-likeness (QED) is 0.338. The van der Waals surface area contributed by atoms with Crippen LogP contribution in [0.1, 0.15) is 66.3 Å². The Morgan fingerprint density at radius 2 is 1.97 bits per heavy atom. The Kier molecular flexibility index (Phi) is 6.30. The number of urea groups is 1. The molecule has 0 unspecified atom stereocenters. The minimum atomic E-state index is -0.459. The molecular weight excluding hydrogens is 390 g/mol. The predicted octanol–water partition coefficient (Wildman–Crippen LogP) is 5.79. The summed E-state index contributed by atoms with van der Waals surface area (Å²) in [5.74, 6) is 0.500. The van der Waals surface area contributed by atoms with Gasteiger partial charge in [0.05, 0.1) is 5.71 Å². The number of anilines is 1. The van der Waals surface area contributed by atoms with Crippen LogP contribution in [0.25, 0.3) is 0 Å². The molecule has 0 saturated heterocycles. The van der Waals surface area contributed by atoms with E-state index >= 15 is 0 Å². The van der Waals surface area contributed by atoms with Gasteiger partial charge in [-0.05, 0) is 74.1 Å². The number of rotatable bonds is 7. The van der Waals surface area contributed by atoms with Crippen LogP contribution in [-0.4, -0.2) is 23.8 Å². The molecule has 0 spiro atoms. The van der Waals surface area contributed by atoms with Crippen molar-refractivity contribution in [2.75, 3.05) is 12.4 Å². The molecule has 0 aromatic heterocycles. The third kappa shape index (κ3) is 4.76. The van der Waals surface area contributed by atoms with E-state index in [1.165, 1.54) is 42.1 Å². The van der Waals surface area contributed by atoms with E-state index in [4.69, 9.17) is 10.4 Å². The van der Waals surface area contributed by atoms with Gasteiger partial charge in [0.1, 0.15) is 6.61 Å². The van der Waals surface area contributed by atoms with Crippen molar-refractivity contribution in [1.82, 2.24) is 5.01 Å². The van der Waals surface area contributed by atoms with Crippen LogP contribution < -0.4 is 5.32 Å². The number of nitrogens with one attached hydrogen (secondary N) is 2. The summed E-state index contributed by atoms with van der Waals surface area (Å²) in [4.78, 5) is 18.0. The first kappa shape index (κ1) is 21.0. The van der Waals surface area contributed by atoms with Crippen LogP contribution in [-0.2, 0) is 24.3 Å². The zero-order valence-electron chi connectivity index (χ0n) is 18.1. The van der Waals surface area contributed by atoms with Crippen molar-refractivity contribution in [1.29, 1.82) is 5.53 Å². The second-order valence-electron chi connectivity index (χ2n) is 8.30. The molecule has 7 nitrogen and oxygen atoms in total. The summed E-state index contributed by atoms with van der Waals surface area (Å²) < 4.78 is 0. The number of aryl methyl sites for hydroxylation is 1. The molecule has 0 aliphatic heterocycles. The number of carbonyl (C=O) groups is 1. The number of hydrogen-bond acceptors (Lipinski definition) is 5. The monoisotopic (exact) mass is 419 g/mol. The molecule has 1 fully saturated rings. The lowest BCUT2D eigenvalue weighted by Crippen LogP contribution is -2.26. The third-order valence-electron chi connectivity index (χ3n) is 6.11. The van der Waals surface area contributed by atoms with E-state index in [9.17, 15) is 4.79 Å². The van der Waals surface area contributed by atoms with Crippen molar-refractivity contribution in [2.24, 2.45) is 10.4 Å². The molecule has 2 N–H and O–H groups in total. The highest BCUT2D eigenvalue weighted by molar-refractivity contribution is 6.00. The standard InChI is InChI=1S/C24H29N5O2/c1-16(19-10-5-8-17-7-3-4-9-20(17)19)27-31-15-22-21(18-13-14-18)11-6-12-23(22)26-24(30)29(2)28-25/h5-6,8,10-12,18,25H,3-4,7,9,13-15H2,1-2H3,(H,26,30)/b27-16-,28-25?. The molecule has 4 rings (SSSR count). The summed E-state index contributed by atoms with van der Waals surface area (Å²) in [6, 6.07) is 11.9. The molecule has 31 heavy (non-hydrogen) atoms. The van der Waals surface area contributed by atoms with Crippen LogP contribution in [0.2, 0.25) is 0 Å². The second-order valence-corrected chi connectivity index (χ2v) is 8.30. The predicted molar refractivity (Wildman–Crippen MR) is 120 cm³/mol. The summed E-state index contributed by atoms with van der Waals surface area (Å²) in [5, 5.41) is 11.4. The number of carbonyl (C=O) groups excluding carboxylic acids is 1. The minimum Gasteiger partial charge on any atom is -0.391 e. The molecule has 2 amide bonds. The fraction of sp³-hybridized carbons (Fsp3) is 0.417. The van der Waals surface area contributed by atoms with Crippen LogP contribution in [0.5, 0.6) is 0 Å². The number of fused-ring (bicyclic) bond motifs is 1. The molecule has 0 atom stereocenters. The summed E-state index contributed by atoms with van der Waals surface area (Å²) >= 11 is 0. The van der Waals surface area contributed by atoms with Gasteiger partial charge in [-0.3, -0.25) is 0 Å². The first-order valence-corrected chi connectivity index (χ1v) is 10.9. The van der Waals surface area contributed by atoms with E-state index in [1.54, 1.807) is 0 Å². The molecule has 162 valence electrons. The van der Waals surface area contributed by atoms with E-state index in [-0.39, 0.29) is 6.61 Å². The van der Waals surface area contributed by atoms with E-state index in [0.29, 0.717) is 11.6 Å². The Morgan fingerprint density at radius 1 is 1.19 bits per heavy atom. The van der Waals surface area contributed by atoms with Crippen molar-refractivity contribution < 1.29 is 9.63 Å². The Balaban J connectivity index is 1.54. The first-order chi connectivity index (χ1) is 15.1. The molecule has 0 radical (unpaired) electrons. The number of nitrogens with zero attached hydrogens (tertiary/aromatic N) is 3. The highest BCUT2D eigenvalue weighted by Gasteiger charge is 2.28. The fourth-order valence-corrected chi connectivity index (χ4v) is 4.26. The van der Waals surface area contributed by atoms with Crippen LogP contribution in [0, 0.1) is 5.53 Å². The highest BCUT2D eigenvalue weighted by Crippen LogP contribution is 2.43. The zero-order chi connectivity index (χ0) is 21.8. The van der Waals surface area contributed by atoms with Gasteiger partial charge >= 0.3 is 6.03 Å². The average molecular weight is 420 g/mol. The number of oxime groups is 1. The van der Waals surface area contributed by atoms with E-state index in [0.717, 1.165) is 42.0 Å². The highest BCUT2D eigenvalue weighted by atomic mass is 16.6. The van der Waals surface area contributed by atoms with Gasteiger partial charge in [0.15, 0.2) is 0 Å². The van der Waals surface area contributed by atoms with Crippen LogP contribution in [0.3, 0.4) is 0 Å². The van der Waals surface area contributed by atoms with Crippen LogP contribution >= 0.6 is 0 Å². The molecule has 1 saturated carbocycles. The molecule has 0 heterocycles. The number of benzene rings is 2. The third-order valence-corrected chi connectivity index (χ3v) is 6.11. The fourth-order valence-electron chi connectivity index (χ4n) is 4.26. The summed E-state index contributed by atoms with van der Waals surface area (Å²) in [6.07, 6.45) is 6.98. The van der Waals surface area contributed by atoms with Gasteiger partial charge in [-0.1, -0.05) is 40.7 Å². The summed E-state index contributed by atoms with van der Waals surface area (Å²) in [7, 11) is 1.44. The van der Waals surface area contributed by atoms with Crippen molar-refractivity contribution in [2.45, 2.75) is 58.0 Å². The van der Waals surface area contributed by atoms with Crippen molar-refractivity contribution in [3.05, 3.63) is 64.2 Å². The van der Waals surface area contributed by atoms with E-state index in [2.05, 4.69) is 40.0 Å². The smallest absolute Gasteiger partial charge is 0.343 e. The molecule has 0 bridgehead atoms. The van der Waals surface area contributed by atoms with Crippen molar-refractivity contribution >= 4 is 17.4 Å². The lowest BCUT2D eigenvalue weighted by atomic mass is 9.87. The zero-order valence-corrected chi connectivity index (χ0v) is 18.1. The number of hydrogen-bond donors (Lipinski definition) is 2. The summed E-state index contributed by atoms with van der Waals surface area (Å²) in [6.45, 7) is 2.26. The van der Waals surface area contributed by atoms with Crippen LogP contribution in [0.4, 0.5) is 10.5 Å². The van der Waals surface area contributed by atoms with E-state index in [1.807, 2.05) is 19.1 Å². The Bertz CT molecular complexity index is 1010. The summed E-state index contributed by atoms with van der Waals surface area (Å²) in [5.41, 5.74) is 14.7. The largest absolute Gasteiger partial charge is 0.391 e. The van der Waals surface area contributed by atoms with Gasteiger partial charge in [-0.25, -0.2) is 4.79 Å². The molecule has 2 aromatic rings. The molecule has 2 aromatic carbocycles. The van der Waals surface area contributed by atoms with E-state index < -0.39 is 6.03 Å². The van der Waals surface area contributed by atoms with Crippen molar-refractivity contribution in [3.8, 4) is 0 Å². The van der Waals surface area contributed by atoms with Gasteiger partial charge < -0.3 is 10.2 Å². The topological polar surface area (TPSA) is 90.1 Å². The Morgan fingerprint density at radius 3 is 2.74 bits per heavy atom. The molecular formula is C24H29N5O2. The molecule has 7 heteroatoms. The van der Waals surface area contributed by atoms with Crippen LogP contribution in [0.15, 0.2) is 46.8 Å². The number of amides is 2. The van der Waals surface area contributed by atoms with Crippen molar-refractivity contribution in [3.63, 3.8) is 0 Å². The van der Waals surface area contributed by atoms with Gasteiger partial charge in [0.25, 0.3) is 0 Å². The maximum atomic E-state index is 12.2. The second kappa shape index (κ2) is 9.29. The maximum absolute atomic E-state index is 12.2.